The minimum atomic E-state index is -0.745. The van der Waals surface area contributed by atoms with Crippen molar-refractivity contribution in [2.24, 2.45) is 22.1 Å². The summed E-state index contributed by atoms with van der Waals surface area (Å²) in [4.78, 5) is 23.2. The Labute approximate surface area is 95.2 Å². The molecule has 0 aliphatic carbocycles. The molecule has 1 aromatic heterocycles. The normalized spacial score (nSPS) is 10.9. The van der Waals surface area contributed by atoms with Crippen molar-refractivity contribution in [2.75, 3.05) is 0 Å². The van der Waals surface area contributed by atoms with Crippen molar-refractivity contribution < 1.29 is 9.63 Å². The van der Waals surface area contributed by atoms with Crippen LogP contribution in [0.4, 0.5) is 5.69 Å². The summed E-state index contributed by atoms with van der Waals surface area (Å²) in [6.45, 7) is 0. The first-order valence-corrected chi connectivity index (χ1v) is 4.53. The molecule has 0 saturated carbocycles. The highest BCUT2D eigenvalue weighted by atomic mass is 16.7. The number of benzene rings is 1. The van der Waals surface area contributed by atoms with Crippen LogP contribution in [0.5, 0.6) is 0 Å². The molecule has 2 aromatic rings. The summed E-state index contributed by atoms with van der Waals surface area (Å²) >= 11 is 0. The van der Waals surface area contributed by atoms with E-state index in [-0.39, 0.29) is 5.69 Å². The molecular formula is C9H8N6O2. The SMILES string of the molecule is NN=Nc1ccc2nc(C(=O)ON)cnc2c1. The Morgan fingerprint density at radius 2 is 2.18 bits per heavy atom. The molecule has 8 heteroatoms. The summed E-state index contributed by atoms with van der Waals surface area (Å²) in [6, 6.07) is 4.92. The Morgan fingerprint density at radius 3 is 2.88 bits per heavy atom. The highest BCUT2D eigenvalue weighted by molar-refractivity contribution is 5.89. The van der Waals surface area contributed by atoms with Crippen molar-refractivity contribution in [3.8, 4) is 0 Å². The summed E-state index contributed by atoms with van der Waals surface area (Å²) in [7, 11) is 0. The van der Waals surface area contributed by atoms with Gasteiger partial charge in [-0.3, -0.25) is 4.98 Å². The Morgan fingerprint density at radius 1 is 1.35 bits per heavy atom. The van der Waals surface area contributed by atoms with Crippen molar-refractivity contribution in [3.63, 3.8) is 0 Å². The van der Waals surface area contributed by atoms with Crippen LogP contribution < -0.4 is 11.7 Å². The van der Waals surface area contributed by atoms with Crippen molar-refractivity contribution in [2.45, 2.75) is 0 Å². The molecule has 0 bridgehead atoms. The minimum Gasteiger partial charge on any atom is -0.368 e. The van der Waals surface area contributed by atoms with Gasteiger partial charge in [-0.25, -0.2) is 9.78 Å². The first kappa shape index (κ1) is 10.9. The van der Waals surface area contributed by atoms with Gasteiger partial charge in [0.25, 0.3) is 0 Å². The maximum atomic E-state index is 11.1. The Hall–Kier alpha value is -2.61. The van der Waals surface area contributed by atoms with E-state index in [4.69, 9.17) is 11.7 Å². The van der Waals surface area contributed by atoms with Gasteiger partial charge in [-0.15, -0.1) is 5.11 Å². The molecule has 86 valence electrons. The lowest BCUT2D eigenvalue weighted by molar-refractivity contribution is 0.0496. The standard InChI is InChI=1S/C9H8N6O2/c10-15-14-5-1-2-6-7(3-5)12-4-8(13-6)9(16)17-11/h1-4H,11H2,(H2,10,14). The lowest BCUT2D eigenvalue weighted by Crippen LogP contribution is -2.12. The molecular weight excluding hydrogens is 224 g/mol. The lowest BCUT2D eigenvalue weighted by Gasteiger charge is -2.00. The van der Waals surface area contributed by atoms with E-state index >= 15 is 0 Å². The summed E-state index contributed by atoms with van der Waals surface area (Å²) < 4.78 is 0. The zero-order valence-corrected chi connectivity index (χ0v) is 8.57. The minimum absolute atomic E-state index is 0.0354. The van der Waals surface area contributed by atoms with Crippen molar-refractivity contribution >= 4 is 22.7 Å². The van der Waals surface area contributed by atoms with Crippen LogP contribution in [0.25, 0.3) is 11.0 Å². The van der Waals surface area contributed by atoms with Crippen LogP contribution in [0.15, 0.2) is 34.7 Å². The van der Waals surface area contributed by atoms with Crippen molar-refractivity contribution in [1.29, 1.82) is 0 Å². The number of nitrogens with zero attached hydrogens (tertiary/aromatic N) is 4. The molecule has 0 amide bonds. The molecule has 0 fully saturated rings. The maximum absolute atomic E-state index is 11.1. The van der Waals surface area contributed by atoms with E-state index in [0.717, 1.165) is 0 Å². The first-order chi connectivity index (χ1) is 8.24. The van der Waals surface area contributed by atoms with Gasteiger partial charge in [-0.05, 0) is 18.2 Å². The van der Waals surface area contributed by atoms with E-state index in [1.165, 1.54) is 6.20 Å². The van der Waals surface area contributed by atoms with Gasteiger partial charge in [-0.1, -0.05) is 5.22 Å². The molecule has 8 nitrogen and oxygen atoms in total. The van der Waals surface area contributed by atoms with Crippen LogP contribution >= 0.6 is 0 Å². The Balaban J connectivity index is 2.50. The molecule has 0 saturated heterocycles. The van der Waals surface area contributed by atoms with E-state index in [1.54, 1.807) is 18.2 Å². The van der Waals surface area contributed by atoms with Gasteiger partial charge in [-0.2, -0.15) is 5.90 Å². The molecule has 4 N–H and O–H groups in total. The topological polar surface area (TPSA) is 129 Å². The molecule has 1 aromatic carbocycles. The van der Waals surface area contributed by atoms with Gasteiger partial charge >= 0.3 is 5.97 Å². The predicted octanol–water partition coefficient (Wildman–Crippen LogP) is 0.618. The smallest absolute Gasteiger partial charge is 0.368 e. The average Bonchev–Trinajstić information content (AvgIpc) is 2.37. The third-order valence-electron chi connectivity index (χ3n) is 2.02. The average molecular weight is 232 g/mol. The van der Waals surface area contributed by atoms with Crippen LogP contribution in [0, 0.1) is 0 Å². The van der Waals surface area contributed by atoms with Gasteiger partial charge in [0.2, 0.25) is 0 Å². The van der Waals surface area contributed by atoms with E-state index in [0.29, 0.717) is 16.7 Å². The predicted molar refractivity (Wildman–Crippen MR) is 57.8 cm³/mol. The number of nitrogens with two attached hydrogens (primary N) is 2. The molecule has 0 spiro atoms. The van der Waals surface area contributed by atoms with Gasteiger partial charge in [0.05, 0.1) is 22.9 Å². The first-order valence-electron chi connectivity index (χ1n) is 4.53. The molecule has 0 unspecified atom stereocenters. The second-order valence-corrected chi connectivity index (χ2v) is 3.05. The van der Waals surface area contributed by atoms with E-state index in [9.17, 15) is 4.79 Å². The highest BCUT2D eigenvalue weighted by Crippen LogP contribution is 2.18. The van der Waals surface area contributed by atoms with E-state index in [1.807, 2.05) is 0 Å². The summed E-state index contributed by atoms with van der Waals surface area (Å²) in [5, 5.41) is 6.81. The zero-order chi connectivity index (χ0) is 12.3. The number of aromatic nitrogens is 2. The second-order valence-electron chi connectivity index (χ2n) is 3.05. The van der Waals surface area contributed by atoms with Gasteiger partial charge < -0.3 is 10.7 Å². The molecule has 1 heterocycles. The molecule has 0 aliphatic heterocycles. The fourth-order valence-corrected chi connectivity index (χ4v) is 1.29. The molecule has 0 radical (unpaired) electrons. The van der Waals surface area contributed by atoms with Crippen LogP contribution in [0.3, 0.4) is 0 Å². The largest absolute Gasteiger partial charge is 0.377 e. The van der Waals surface area contributed by atoms with Gasteiger partial charge in [0.1, 0.15) is 0 Å². The number of hydrogen-bond donors (Lipinski definition) is 2. The molecule has 0 aliphatic rings. The van der Waals surface area contributed by atoms with E-state index < -0.39 is 5.97 Å². The monoisotopic (exact) mass is 232 g/mol. The summed E-state index contributed by atoms with van der Waals surface area (Å²) in [6.07, 6.45) is 1.26. The van der Waals surface area contributed by atoms with Crippen molar-refractivity contribution in [1.82, 2.24) is 9.97 Å². The summed E-state index contributed by atoms with van der Waals surface area (Å²) in [5.74, 6) is 8.94. The maximum Gasteiger partial charge on any atom is 0.377 e. The van der Waals surface area contributed by atoms with Gasteiger partial charge in [0, 0.05) is 0 Å². The number of rotatable bonds is 2. The fourth-order valence-electron chi connectivity index (χ4n) is 1.29. The lowest BCUT2D eigenvalue weighted by atomic mass is 10.2. The third-order valence-corrected chi connectivity index (χ3v) is 2.02. The van der Waals surface area contributed by atoms with Gasteiger partial charge in [0.15, 0.2) is 5.69 Å². The quantitative estimate of drug-likeness (QED) is 0.443. The zero-order valence-electron chi connectivity index (χ0n) is 8.57. The number of fused-ring (bicyclic) bond motifs is 1. The number of hydrogen-bond acceptors (Lipinski definition) is 7. The van der Waals surface area contributed by atoms with Crippen LogP contribution in [-0.4, -0.2) is 15.9 Å². The third kappa shape index (κ3) is 2.16. The number of carbonyl (C=O) groups excluding carboxylic acids is 1. The number of carbonyl (C=O) groups is 1. The molecule has 0 atom stereocenters. The molecule has 17 heavy (non-hydrogen) atoms. The Bertz CT molecular complexity index is 597. The highest BCUT2D eigenvalue weighted by Gasteiger charge is 2.09. The fraction of sp³-hybridized carbons (Fsp3) is 0. The van der Waals surface area contributed by atoms with E-state index in [2.05, 4.69) is 25.1 Å². The van der Waals surface area contributed by atoms with Crippen LogP contribution in [-0.2, 0) is 4.84 Å². The van der Waals surface area contributed by atoms with Crippen LogP contribution in [0.2, 0.25) is 0 Å². The second kappa shape index (κ2) is 4.49. The van der Waals surface area contributed by atoms with Crippen molar-refractivity contribution in [3.05, 3.63) is 30.1 Å². The Kier molecular flexibility index (Phi) is 2.88. The van der Waals surface area contributed by atoms with Crippen LogP contribution in [0.1, 0.15) is 10.5 Å². The molecule has 2 rings (SSSR count). The summed E-state index contributed by atoms with van der Waals surface area (Å²) in [5.41, 5.74) is 1.66.